The molecular formula is C20H14F2N4. The van der Waals surface area contributed by atoms with Gasteiger partial charge in [-0.1, -0.05) is 12.1 Å². The minimum atomic E-state index is -0.918. The van der Waals surface area contributed by atoms with Crippen LogP contribution < -0.4 is 5.32 Å². The van der Waals surface area contributed by atoms with Crippen LogP contribution in [0, 0.1) is 18.6 Å². The van der Waals surface area contributed by atoms with E-state index in [0.717, 1.165) is 34.3 Å². The van der Waals surface area contributed by atoms with Crippen LogP contribution >= 0.6 is 0 Å². The molecule has 0 aliphatic carbocycles. The zero-order chi connectivity index (χ0) is 18.1. The highest BCUT2D eigenvalue weighted by atomic mass is 19.2. The molecule has 0 aliphatic rings. The molecule has 26 heavy (non-hydrogen) atoms. The second kappa shape index (κ2) is 6.48. The van der Waals surface area contributed by atoms with Gasteiger partial charge in [0.2, 0.25) is 0 Å². The molecule has 0 unspecified atom stereocenters. The van der Waals surface area contributed by atoms with E-state index in [2.05, 4.69) is 20.3 Å². The number of aromatic nitrogens is 3. The van der Waals surface area contributed by atoms with E-state index < -0.39 is 11.6 Å². The Hall–Kier alpha value is -3.41. The van der Waals surface area contributed by atoms with Crippen LogP contribution in [-0.2, 0) is 0 Å². The molecular weight excluding hydrogens is 334 g/mol. The zero-order valence-corrected chi connectivity index (χ0v) is 13.9. The van der Waals surface area contributed by atoms with Crippen LogP contribution in [0.2, 0.25) is 0 Å². The van der Waals surface area contributed by atoms with Gasteiger partial charge in [0.15, 0.2) is 17.5 Å². The van der Waals surface area contributed by atoms with Gasteiger partial charge >= 0.3 is 0 Å². The van der Waals surface area contributed by atoms with Crippen LogP contribution in [0.1, 0.15) is 5.69 Å². The lowest BCUT2D eigenvalue weighted by Gasteiger charge is -2.11. The molecule has 0 fully saturated rings. The number of pyridine rings is 1. The number of anilines is 2. The molecule has 0 amide bonds. The molecule has 0 atom stereocenters. The van der Waals surface area contributed by atoms with E-state index in [9.17, 15) is 8.78 Å². The van der Waals surface area contributed by atoms with E-state index in [1.165, 1.54) is 6.07 Å². The molecule has 0 saturated heterocycles. The van der Waals surface area contributed by atoms with Crippen molar-refractivity contribution in [3.8, 4) is 11.4 Å². The first-order valence-corrected chi connectivity index (χ1v) is 8.02. The minimum Gasteiger partial charge on any atom is -0.340 e. The number of nitrogens with one attached hydrogen (secondary N) is 1. The van der Waals surface area contributed by atoms with Crippen molar-refractivity contribution in [2.75, 3.05) is 5.32 Å². The van der Waals surface area contributed by atoms with Gasteiger partial charge in [-0.25, -0.2) is 18.7 Å². The molecule has 2 heterocycles. The number of nitrogens with zero attached hydrogens (tertiary/aromatic N) is 3. The van der Waals surface area contributed by atoms with Crippen molar-refractivity contribution in [2.24, 2.45) is 0 Å². The molecule has 1 N–H and O–H groups in total. The van der Waals surface area contributed by atoms with Crippen LogP contribution in [0.5, 0.6) is 0 Å². The Kier molecular flexibility index (Phi) is 4.01. The number of fused-ring (bicyclic) bond motifs is 1. The van der Waals surface area contributed by atoms with E-state index in [-0.39, 0.29) is 0 Å². The largest absolute Gasteiger partial charge is 0.340 e. The highest BCUT2D eigenvalue weighted by molar-refractivity contribution is 5.92. The molecule has 2 aromatic heterocycles. The highest BCUT2D eigenvalue weighted by Gasteiger charge is 2.11. The van der Waals surface area contributed by atoms with Crippen LogP contribution in [-0.4, -0.2) is 15.0 Å². The van der Waals surface area contributed by atoms with Crippen LogP contribution in [0.4, 0.5) is 20.3 Å². The number of rotatable bonds is 3. The summed E-state index contributed by atoms with van der Waals surface area (Å²) in [5, 5.41) is 3.85. The monoisotopic (exact) mass is 348 g/mol. The van der Waals surface area contributed by atoms with Crippen LogP contribution in [0.25, 0.3) is 22.3 Å². The van der Waals surface area contributed by atoms with Gasteiger partial charge in [0.05, 0.1) is 5.52 Å². The van der Waals surface area contributed by atoms with Crippen molar-refractivity contribution in [3.63, 3.8) is 0 Å². The highest BCUT2D eigenvalue weighted by Crippen LogP contribution is 2.27. The molecule has 0 bridgehead atoms. The number of aryl methyl sites for hydroxylation is 1. The summed E-state index contributed by atoms with van der Waals surface area (Å²) in [6.07, 6.45) is 1.70. The molecule has 0 saturated carbocycles. The molecule has 0 radical (unpaired) electrons. The first kappa shape index (κ1) is 16.1. The number of hydrogen-bond acceptors (Lipinski definition) is 4. The maximum atomic E-state index is 13.5. The maximum absolute atomic E-state index is 13.5. The zero-order valence-electron chi connectivity index (χ0n) is 13.9. The Labute approximate surface area is 148 Å². The standard InChI is InChI=1S/C20H14F2N4/c1-12-10-13(8-9-23-12)19-25-18-5-3-2-4-15(18)20(26-19)24-14-6-7-16(21)17(22)11-14/h2-11H,1H3,(H,24,25,26). The fraction of sp³-hybridized carbons (Fsp3) is 0.0500. The van der Waals surface area contributed by atoms with Crippen molar-refractivity contribution >= 4 is 22.4 Å². The summed E-state index contributed by atoms with van der Waals surface area (Å²) in [5.74, 6) is -0.764. The molecule has 0 aliphatic heterocycles. The Morgan fingerprint density at radius 2 is 1.73 bits per heavy atom. The molecule has 128 valence electrons. The Morgan fingerprint density at radius 3 is 2.54 bits per heavy atom. The molecule has 0 spiro atoms. The topological polar surface area (TPSA) is 50.7 Å². The van der Waals surface area contributed by atoms with Gasteiger partial charge in [-0.05, 0) is 43.3 Å². The molecule has 4 aromatic rings. The smallest absolute Gasteiger partial charge is 0.162 e. The minimum absolute atomic E-state index is 0.407. The van der Waals surface area contributed by atoms with E-state index in [0.29, 0.717) is 17.3 Å². The van der Waals surface area contributed by atoms with Crippen molar-refractivity contribution in [1.29, 1.82) is 0 Å². The normalized spacial score (nSPS) is 10.9. The van der Waals surface area contributed by atoms with Crippen LogP contribution in [0.3, 0.4) is 0 Å². The first-order valence-electron chi connectivity index (χ1n) is 8.02. The van der Waals surface area contributed by atoms with E-state index in [1.807, 2.05) is 43.3 Å². The van der Waals surface area contributed by atoms with Gasteiger partial charge in [-0.15, -0.1) is 0 Å². The quantitative estimate of drug-likeness (QED) is 0.565. The number of benzene rings is 2. The van der Waals surface area contributed by atoms with Gasteiger partial charge in [-0.3, -0.25) is 4.98 Å². The van der Waals surface area contributed by atoms with Crippen molar-refractivity contribution < 1.29 is 8.78 Å². The fourth-order valence-electron chi connectivity index (χ4n) is 2.70. The summed E-state index contributed by atoms with van der Waals surface area (Å²) in [6, 6.07) is 14.9. The Morgan fingerprint density at radius 1 is 0.885 bits per heavy atom. The fourth-order valence-corrected chi connectivity index (χ4v) is 2.70. The lowest BCUT2D eigenvalue weighted by atomic mass is 10.2. The van der Waals surface area contributed by atoms with E-state index in [4.69, 9.17) is 0 Å². The summed E-state index contributed by atoms with van der Waals surface area (Å²) >= 11 is 0. The third-order valence-corrected chi connectivity index (χ3v) is 3.94. The Balaban J connectivity index is 1.85. The third-order valence-electron chi connectivity index (χ3n) is 3.94. The average Bonchev–Trinajstić information content (AvgIpc) is 2.65. The second-order valence-corrected chi connectivity index (χ2v) is 5.85. The van der Waals surface area contributed by atoms with E-state index >= 15 is 0 Å². The number of halogens is 2. The summed E-state index contributed by atoms with van der Waals surface area (Å²) in [5.41, 5.74) is 2.84. The lowest BCUT2D eigenvalue weighted by molar-refractivity contribution is 0.509. The van der Waals surface area contributed by atoms with Crippen molar-refractivity contribution in [3.05, 3.63) is 78.1 Å². The molecule has 2 aromatic carbocycles. The predicted molar refractivity (Wildman–Crippen MR) is 97.1 cm³/mol. The number of hydrogen-bond donors (Lipinski definition) is 1. The predicted octanol–water partition coefficient (Wildman–Crippen LogP) is 5.02. The SMILES string of the molecule is Cc1cc(-c2nc(Nc3ccc(F)c(F)c3)c3ccccc3n2)ccn1. The third kappa shape index (κ3) is 3.09. The van der Waals surface area contributed by atoms with E-state index in [1.54, 1.807) is 6.20 Å². The average molecular weight is 348 g/mol. The second-order valence-electron chi connectivity index (χ2n) is 5.85. The summed E-state index contributed by atoms with van der Waals surface area (Å²) in [6.45, 7) is 1.89. The van der Waals surface area contributed by atoms with Crippen molar-refractivity contribution in [2.45, 2.75) is 6.92 Å². The summed E-state index contributed by atoms with van der Waals surface area (Å²) in [7, 11) is 0. The summed E-state index contributed by atoms with van der Waals surface area (Å²) < 4.78 is 26.7. The maximum Gasteiger partial charge on any atom is 0.162 e. The summed E-state index contributed by atoms with van der Waals surface area (Å²) in [4.78, 5) is 13.4. The molecule has 4 rings (SSSR count). The van der Waals surface area contributed by atoms with Crippen molar-refractivity contribution in [1.82, 2.24) is 15.0 Å². The van der Waals surface area contributed by atoms with Gasteiger partial charge in [0.25, 0.3) is 0 Å². The van der Waals surface area contributed by atoms with Gasteiger partial charge in [-0.2, -0.15) is 0 Å². The lowest BCUT2D eigenvalue weighted by Crippen LogP contribution is -2.00. The number of para-hydroxylation sites is 1. The van der Waals surface area contributed by atoms with Gasteiger partial charge < -0.3 is 5.32 Å². The molecule has 6 heteroatoms. The van der Waals surface area contributed by atoms with Crippen LogP contribution in [0.15, 0.2) is 60.8 Å². The van der Waals surface area contributed by atoms with Gasteiger partial charge in [0.1, 0.15) is 5.82 Å². The Bertz CT molecular complexity index is 1110. The first-order chi connectivity index (χ1) is 12.6. The molecule has 4 nitrogen and oxygen atoms in total. The van der Waals surface area contributed by atoms with Gasteiger partial charge in [0, 0.05) is 34.6 Å².